The molecule has 34 heavy (non-hydrogen) atoms. The molecule has 0 bridgehead atoms. The number of carbonyl (C=O) groups is 2. The number of carboxylic acid groups (broad SMARTS) is 1. The summed E-state index contributed by atoms with van der Waals surface area (Å²) in [4.78, 5) is 24.0. The van der Waals surface area contributed by atoms with Crippen LogP contribution in [0.4, 0.5) is 0 Å². The molecule has 0 radical (unpaired) electrons. The summed E-state index contributed by atoms with van der Waals surface area (Å²) in [7, 11) is 0. The Morgan fingerprint density at radius 3 is 1.53 bits per heavy atom. The second-order valence-electron chi connectivity index (χ2n) is 9.14. The first-order chi connectivity index (χ1) is 16.3. The second kappa shape index (κ2) is 11.1. The normalized spacial score (nSPS) is 12.7. The van der Waals surface area contributed by atoms with E-state index in [-0.39, 0.29) is 12.8 Å². The molecule has 0 fully saturated rings. The Hall–Kier alpha value is -3.44. The van der Waals surface area contributed by atoms with Crippen LogP contribution in [-0.2, 0) is 24.7 Å². The van der Waals surface area contributed by atoms with Crippen molar-refractivity contribution < 1.29 is 24.2 Å². The average molecular weight is 461 g/mol. The molecule has 0 amide bonds. The van der Waals surface area contributed by atoms with Crippen LogP contribution >= 0.6 is 0 Å². The zero-order valence-electron chi connectivity index (χ0n) is 19.9. The summed E-state index contributed by atoms with van der Waals surface area (Å²) in [5.41, 5.74) is 0.993. The van der Waals surface area contributed by atoms with Crippen LogP contribution in [-0.4, -0.2) is 23.3 Å². The van der Waals surface area contributed by atoms with Gasteiger partial charge in [-0.1, -0.05) is 112 Å². The van der Waals surface area contributed by atoms with Gasteiger partial charge < -0.3 is 14.6 Å². The summed E-state index contributed by atoms with van der Waals surface area (Å²) in [5, 5.41) is 9.14. The third kappa shape index (κ3) is 6.12. The Balaban J connectivity index is 2.01. The minimum absolute atomic E-state index is 0.0197. The van der Waals surface area contributed by atoms with Crippen molar-refractivity contribution in [1.82, 2.24) is 0 Å². The zero-order chi connectivity index (χ0) is 24.6. The standard InChI is InChI=1S/C29H32O5/c1-4-27(33-26(32)21-28(2,3)20-25(30)31)34-29(22-14-8-5-9-15-22,23-16-10-6-11-17-23)24-18-12-7-13-19-24/h5-19,27H,4,20-21H2,1-3H3,(H,30,31). The molecule has 0 aliphatic heterocycles. The fourth-order valence-electron chi connectivity index (χ4n) is 4.16. The van der Waals surface area contributed by atoms with E-state index in [0.717, 1.165) is 16.7 Å². The van der Waals surface area contributed by atoms with Crippen molar-refractivity contribution in [2.45, 2.75) is 51.9 Å². The summed E-state index contributed by atoms with van der Waals surface area (Å²) >= 11 is 0. The van der Waals surface area contributed by atoms with Crippen LogP contribution in [0.2, 0.25) is 0 Å². The van der Waals surface area contributed by atoms with Crippen LogP contribution in [0.15, 0.2) is 91.0 Å². The van der Waals surface area contributed by atoms with Crippen molar-refractivity contribution in [3.8, 4) is 0 Å². The van der Waals surface area contributed by atoms with E-state index in [0.29, 0.717) is 6.42 Å². The summed E-state index contributed by atoms with van der Waals surface area (Å²) < 4.78 is 12.5. The number of carboxylic acids is 1. The van der Waals surface area contributed by atoms with Gasteiger partial charge in [0.1, 0.15) is 5.60 Å². The van der Waals surface area contributed by atoms with Gasteiger partial charge in [0.15, 0.2) is 0 Å². The van der Waals surface area contributed by atoms with Crippen LogP contribution in [0.3, 0.4) is 0 Å². The van der Waals surface area contributed by atoms with E-state index in [1.165, 1.54) is 0 Å². The van der Waals surface area contributed by atoms with E-state index < -0.39 is 29.2 Å². The van der Waals surface area contributed by atoms with E-state index in [1.807, 2.05) is 97.9 Å². The number of carbonyl (C=O) groups excluding carboxylic acids is 1. The molecule has 1 atom stereocenters. The summed E-state index contributed by atoms with van der Waals surface area (Å²) in [6, 6.07) is 29.6. The Morgan fingerprint density at radius 1 is 0.765 bits per heavy atom. The van der Waals surface area contributed by atoms with E-state index in [2.05, 4.69) is 0 Å². The van der Waals surface area contributed by atoms with Gasteiger partial charge in [-0.15, -0.1) is 0 Å². The molecule has 3 aromatic rings. The third-order valence-corrected chi connectivity index (χ3v) is 5.70. The SMILES string of the molecule is CCC(OC(=O)CC(C)(C)CC(=O)O)OC(c1ccccc1)(c1ccccc1)c1ccccc1. The molecule has 0 aromatic heterocycles. The highest BCUT2D eigenvalue weighted by molar-refractivity contribution is 5.73. The van der Waals surface area contributed by atoms with Crippen molar-refractivity contribution in [1.29, 1.82) is 0 Å². The van der Waals surface area contributed by atoms with Gasteiger partial charge in [0.25, 0.3) is 0 Å². The Bertz CT molecular complexity index is 965. The van der Waals surface area contributed by atoms with E-state index in [9.17, 15) is 9.59 Å². The second-order valence-corrected chi connectivity index (χ2v) is 9.14. The van der Waals surface area contributed by atoms with Crippen LogP contribution in [0.5, 0.6) is 0 Å². The minimum atomic E-state index is -1.01. The maximum Gasteiger partial charge on any atom is 0.308 e. The fraction of sp³-hybridized carbons (Fsp3) is 0.310. The number of ether oxygens (including phenoxy) is 2. The molecule has 0 saturated carbocycles. The molecule has 0 aliphatic rings. The highest BCUT2D eigenvalue weighted by Crippen LogP contribution is 2.42. The molecule has 5 heteroatoms. The van der Waals surface area contributed by atoms with Gasteiger partial charge in [0.05, 0.1) is 12.8 Å². The molecule has 5 nitrogen and oxygen atoms in total. The van der Waals surface area contributed by atoms with Crippen molar-refractivity contribution in [2.24, 2.45) is 5.41 Å². The Morgan fingerprint density at radius 2 is 1.18 bits per heavy atom. The predicted molar refractivity (Wildman–Crippen MR) is 131 cm³/mol. The molecule has 3 aromatic carbocycles. The highest BCUT2D eigenvalue weighted by Gasteiger charge is 2.40. The molecule has 0 heterocycles. The van der Waals surface area contributed by atoms with E-state index in [4.69, 9.17) is 14.6 Å². The van der Waals surface area contributed by atoms with Crippen LogP contribution < -0.4 is 0 Å². The lowest BCUT2D eigenvalue weighted by atomic mass is 9.80. The highest BCUT2D eigenvalue weighted by atomic mass is 16.7. The van der Waals surface area contributed by atoms with Crippen molar-refractivity contribution in [3.63, 3.8) is 0 Å². The quantitative estimate of drug-likeness (QED) is 0.211. The topological polar surface area (TPSA) is 72.8 Å². The number of benzene rings is 3. The van der Waals surface area contributed by atoms with Gasteiger partial charge in [-0.05, 0) is 22.1 Å². The Kier molecular flexibility index (Phi) is 8.24. The molecule has 178 valence electrons. The monoisotopic (exact) mass is 460 g/mol. The molecular formula is C29H32O5. The molecule has 3 rings (SSSR count). The van der Waals surface area contributed by atoms with Gasteiger partial charge in [-0.25, -0.2) is 0 Å². The first kappa shape index (κ1) is 25.2. The lowest BCUT2D eigenvalue weighted by molar-refractivity contribution is -0.202. The zero-order valence-corrected chi connectivity index (χ0v) is 19.9. The van der Waals surface area contributed by atoms with Crippen LogP contribution in [0.1, 0.15) is 56.7 Å². The van der Waals surface area contributed by atoms with Gasteiger partial charge in [0, 0.05) is 6.42 Å². The summed E-state index contributed by atoms with van der Waals surface area (Å²) in [6.45, 7) is 5.38. The van der Waals surface area contributed by atoms with Gasteiger partial charge in [0.2, 0.25) is 6.29 Å². The number of hydrogen-bond acceptors (Lipinski definition) is 4. The van der Waals surface area contributed by atoms with Gasteiger partial charge in [-0.2, -0.15) is 0 Å². The molecule has 1 unspecified atom stereocenters. The van der Waals surface area contributed by atoms with E-state index in [1.54, 1.807) is 13.8 Å². The summed E-state index contributed by atoms with van der Waals surface area (Å²) in [5.74, 6) is -1.43. The minimum Gasteiger partial charge on any atom is -0.481 e. The smallest absolute Gasteiger partial charge is 0.308 e. The van der Waals surface area contributed by atoms with Gasteiger partial charge in [-0.3, -0.25) is 9.59 Å². The lowest BCUT2D eigenvalue weighted by Gasteiger charge is -2.38. The molecule has 0 aliphatic carbocycles. The largest absolute Gasteiger partial charge is 0.481 e. The molecule has 0 spiro atoms. The first-order valence-corrected chi connectivity index (χ1v) is 11.5. The lowest BCUT2D eigenvalue weighted by Crippen LogP contribution is -2.39. The van der Waals surface area contributed by atoms with Crippen LogP contribution in [0.25, 0.3) is 0 Å². The molecule has 1 N–H and O–H groups in total. The van der Waals surface area contributed by atoms with Crippen LogP contribution in [0, 0.1) is 5.41 Å². The van der Waals surface area contributed by atoms with Crippen molar-refractivity contribution >= 4 is 11.9 Å². The van der Waals surface area contributed by atoms with Crippen molar-refractivity contribution in [3.05, 3.63) is 108 Å². The third-order valence-electron chi connectivity index (χ3n) is 5.70. The summed E-state index contributed by atoms with van der Waals surface area (Å²) in [6.07, 6.45) is -0.552. The number of rotatable bonds is 11. The Labute approximate surface area is 201 Å². The maximum absolute atomic E-state index is 12.8. The number of aliphatic carboxylic acids is 1. The fourth-order valence-corrected chi connectivity index (χ4v) is 4.16. The first-order valence-electron chi connectivity index (χ1n) is 11.5. The molecular weight excluding hydrogens is 428 g/mol. The van der Waals surface area contributed by atoms with Gasteiger partial charge >= 0.3 is 11.9 Å². The average Bonchev–Trinajstić information content (AvgIpc) is 2.82. The predicted octanol–water partition coefficient (Wildman–Crippen LogP) is 6.17. The molecule has 0 saturated heterocycles. The van der Waals surface area contributed by atoms with Crippen molar-refractivity contribution in [2.75, 3.05) is 0 Å². The van der Waals surface area contributed by atoms with E-state index >= 15 is 0 Å². The number of esters is 1. The number of hydrogen-bond donors (Lipinski definition) is 1. The maximum atomic E-state index is 12.8.